The first kappa shape index (κ1) is 17.5. The largest absolute Gasteiger partial charge is 0.467 e. The molecule has 0 saturated carbocycles. The number of methoxy groups -OCH3 is 1. The Labute approximate surface area is 139 Å². The van der Waals surface area contributed by atoms with Gasteiger partial charge in [-0.1, -0.05) is 0 Å². The topological polar surface area (TPSA) is 105 Å². The molecule has 1 N–H and O–H groups in total. The molecule has 1 heterocycles. The Balaban J connectivity index is 1.87. The minimum atomic E-state index is -0.699. The highest BCUT2D eigenvalue weighted by molar-refractivity contribution is 5.83. The van der Waals surface area contributed by atoms with E-state index >= 15 is 0 Å². The Morgan fingerprint density at radius 2 is 1.79 bits per heavy atom. The van der Waals surface area contributed by atoms with Crippen LogP contribution in [0.2, 0.25) is 0 Å². The van der Waals surface area contributed by atoms with Crippen molar-refractivity contribution in [1.29, 1.82) is 0 Å². The van der Waals surface area contributed by atoms with Crippen LogP contribution in [0.3, 0.4) is 0 Å². The summed E-state index contributed by atoms with van der Waals surface area (Å²) in [5.41, 5.74) is 0.928. The van der Waals surface area contributed by atoms with Crippen molar-refractivity contribution in [1.82, 2.24) is 10.2 Å². The number of hydrogen-bond acceptors (Lipinski definition) is 6. The summed E-state index contributed by atoms with van der Waals surface area (Å²) in [6.45, 7) is 3.78. The SMILES string of the molecule is COC(=O)C(C)NC(=O)N1CCN(c2ccc([N+](=O)[O-])cc2)CC1. The lowest BCUT2D eigenvalue weighted by Gasteiger charge is -2.36. The highest BCUT2D eigenvalue weighted by Crippen LogP contribution is 2.20. The molecule has 9 heteroatoms. The number of urea groups is 1. The molecule has 9 nitrogen and oxygen atoms in total. The number of anilines is 1. The molecule has 1 aliphatic rings. The van der Waals surface area contributed by atoms with Gasteiger partial charge in [-0.3, -0.25) is 10.1 Å². The van der Waals surface area contributed by atoms with Crippen molar-refractivity contribution >= 4 is 23.4 Å². The maximum absolute atomic E-state index is 12.1. The van der Waals surface area contributed by atoms with Crippen LogP contribution in [0.5, 0.6) is 0 Å². The number of nitrogens with one attached hydrogen (secondary N) is 1. The third-order valence-corrected chi connectivity index (χ3v) is 3.89. The second-order valence-electron chi connectivity index (χ2n) is 5.44. The maximum Gasteiger partial charge on any atom is 0.328 e. The first-order valence-electron chi connectivity index (χ1n) is 7.55. The van der Waals surface area contributed by atoms with Crippen molar-refractivity contribution < 1.29 is 19.2 Å². The number of nitro benzene ring substituents is 1. The highest BCUT2D eigenvalue weighted by Gasteiger charge is 2.24. The van der Waals surface area contributed by atoms with E-state index in [-0.39, 0.29) is 11.7 Å². The van der Waals surface area contributed by atoms with Gasteiger partial charge in [-0.2, -0.15) is 0 Å². The van der Waals surface area contributed by atoms with Crippen LogP contribution in [0.4, 0.5) is 16.2 Å². The Kier molecular flexibility index (Phi) is 5.56. The smallest absolute Gasteiger partial charge is 0.328 e. The first-order valence-corrected chi connectivity index (χ1v) is 7.55. The van der Waals surface area contributed by atoms with E-state index in [0.29, 0.717) is 26.2 Å². The van der Waals surface area contributed by atoms with Crippen LogP contribution in [0, 0.1) is 10.1 Å². The van der Waals surface area contributed by atoms with Crippen LogP contribution in [0.15, 0.2) is 24.3 Å². The van der Waals surface area contributed by atoms with E-state index in [1.54, 1.807) is 24.0 Å². The fourth-order valence-electron chi connectivity index (χ4n) is 2.47. The summed E-state index contributed by atoms with van der Waals surface area (Å²) in [6.07, 6.45) is 0. The Hall–Kier alpha value is -2.84. The average molecular weight is 336 g/mol. The number of amides is 2. The normalized spacial score (nSPS) is 15.6. The molecule has 1 aromatic rings. The molecule has 2 rings (SSSR count). The van der Waals surface area contributed by atoms with E-state index in [9.17, 15) is 19.7 Å². The van der Waals surface area contributed by atoms with Crippen molar-refractivity contribution in [2.24, 2.45) is 0 Å². The summed E-state index contributed by atoms with van der Waals surface area (Å²) in [5, 5.41) is 13.3. The number of piperazine rings is 1. The van der Waals surface area contributed by atoms with Crippen LogP contribution in [-0.2, 0) is 9.53 Å². The van der Waals surface area contributed by atoms with Gasteiger partial charge in [0.15, 0.2) is 0 Å². The van der Waals surface area contributed by atoms with E-state index in [2.05, 4.69) is 15.0 Å². The van der Waals surface area contributed by atoms with Crippen LogP contribution in [0.25, 0.3) is 0 Å². The van der Waals surface area contributed by atoms with Gasteiger partial charge in [0.05, 0.1) is 12.0 Å². The zero-order valence-electron chi connectivity index (χ0n) is 13.6. The fraction of sp³-hybridized carbons (Fsp3) is 0.467. The molecular weight excluding hydrogens is 316 g/mol. The second-order valence-corrected chi connectivity index (χ2v) is 5.44. The van der Waals surface area contributed by atoms with Gasteiger partial charge < -0.3 is 19.9 Å². The van der Waals surface area contributed by atoms with Crippen molar-refractivity contribution in [3.05, 3.63) is 34.4 Å². The summed E-state index contributed by atoms with van der Waals surface area (Å²) in [6, 6.07) is 5.32. The van der Waals surface area contributed by atoms with Crippen LogP contribution >= 0.6 is 0 Å². The molecule has 1 aliphatic heterocycles. The lowest BCUT2D eigenvalue weighted by molar-refractivity contribution is -0.384. The minimum absolute atomic E-state index is 0.0496. The number of hydrogen-bond donors (Lipinski definition) is 1. The maximum atomic E-state index is 12.1. The fourth-order valence-corrected chi connectivity index (χ4v) is 2.47. The number of carbonyl (C=O) groups excluding carboxylic acids is 2. The molecule has 1 atom stereocenters. The first-order chi connectivity index (χ1) is 11.4. The van der Waals surface area contributed by atoms with Gasteiger partial charge in [0, 0.05) is 44.0 Å². The molecule has 130 valence electrons. The highest BCUT2D eigenvalue weighted by atomic mass is 16.6. The van der Waals surface area contributed by atoms with Gasteiger partial charge in [0.2, 0.25) is 0 Å². The Morgan fingerprint density at radius 3 is 2.29 bits per heavy atom. The minimum Gasteiger partial charge on any atom is -0.467 e. The molecule has 1 unspecified atom stereocenters. The Morgan fingerprint density at radius 1 is 1.21 bits per heavy atom. The third-order valence-electron chi connectivity index (χ3n) is 3.89. The number of rotatable bonds is 4. The predicted molar refractivity (Wildman–Crippen MR) is 86.9 cm³/mol. The van der Waals surface area contributed by atoms with Gasteiger partial charge in [0.25, 0.3) is 5.69 Å². The zero-order chi connectivity index (χ0) is 17.7. The Bertz CT molecular complexity index is 611. The lowest BCUT2D eigenvalue weighted by Crippen LogP contribution is -2.54. The predicted octanol–water partition coefficient (Wildman–Crippen LogP) is 0.988. The average Bonchev–Trinajstić information content (AvgIpc) is 2.61. The number of benzene rings is 1. The molecular formula is C15H20N4O5. The van der Waals surface area contributed by atoms with Crippen molar-refractivity contribution in [3.8, 4) is 0 Å². The molecule has 0 spiro atoms. The molecule has 0 aliphatic carbocycles. The molecule has 24 heavy (non-hydrogen) atoms. The summed E-state index contributed by atoms with van der Waals surface area (Å²) < 4.78 is 4.57. The standard InChI is InChI=1S/C15H20N4O5/c1-11(14(20)24-2)16-15(21)18-9-7-17(8-10-18)12-3-5-13(6-4-12)19(22)23/h3-6,11H,7-10H2,1-2H3,(H,16,21). The van der Waals surface area contributed by atoms with Gasteiger partial charge in [-0.25, -0.2) is 9.59 Å². The van der Waals surface area contributed by atoms with Gasteiger partial charge in [0.1, 0.15) is 6.04 Å². The number of nitro groups is 1. The third kappa shape index (κ3) is 4.12. The van der Waals surface area contributed by atoms with Gasteiger partial charge in [-0.05, 0) is 19.1 Å². The van der Waals surface area contributed by atoms with Crippen molar-refractivity contribution in [2.75, 3.05) is 38.2 Å². The van der Waals surface area contributed by atoms with Crippen molar-refractivity contribution in [3.63, 3.8) is 0 Å². The molecule has 0 aromatic heterocycles. The van der Waals surface area contributed by atoms with Crippen LogP contribution in [0.1, 0.15) is 6.92 Å². The van der Waals surface area contributed by atoms with Crippen LogP contribution in [-0.4, -0.2) is 61.2 Å². The molecule has 1 aromatic carbocycles. The summed E-state index contributed by atoms with van der Waals surface area (Å²) in [5.74, 6) is -0.493. The number of esters is 1. The zero-order valence-corrected chi connectivity index (χ0v) is 13.6. The molecule has 0 bridgehead atoms. The second kappa shape index (κ2) is 7.62. The van der Waals surface area contributed by atoms with E-state index in [4.69, 9.17) is 0 Å². The summed E-state index contributed by atoms with van der Waals surface area (Å²) in [7, 11) is 1.27. The quantitative estimate of drug-likeness (QED) is 0.499. The molecule has 2 amide bonds. The van der Waals surface area contributed by atoms with E-state index in [0.717, 1.165) is 5.69 Å². The van der Waals surface area contributed by atoms with E-state index < -0.39 is 16.9 Å². The number of nitrogens with zero attached hydrogens (tertiary/aromatic N) is 3. The number of non-ortho nitro benzene ring substituents is 1. The molecule has 1 saturated heterocycles. The number of carbonyl (C=O) groups is 2. The van der Waals surface area contributed by atoms with Crippen molar-refractivity contribution in [2.45, 2.75) is 13.0 Å². The van der Waals surface area contributed by atoms with E-state index in [1.807, 2.05) is 0 Å². The lowest BCUT2D eigenvalue weighted by atomic mass is 10.2. The molecule has 1 fully saturated rings. The number of ether oxygens (including phenoxy) is 1. The van der Waals surface area contributed by atoms with Gasteiger partial charge >= 0.3 is 12.0 Å². The van der Waals surface area contributed by atoms with Crippen LogP contribution < -0.4 is 10.2 Å². The van der Waals surface area contributed by atoms with E-state index in [1.165, 1.54) is 19.2 Å². The van der Waals surface area contributed by atoms with Gasteiger partial charge in [-0.15, -0.1) is 0 Å². The monoisotopic (exact) mass is 336 g/mol. The molecule has 0 radical (unpaired) electrons. The summed E-state index contributed by atoms with van der Waals surface area (Å²) in [4.78, 5) is 37.4. The summed E-state index contributed by atoms with van der Waals surface area (Å²) >= 11 is 0.